The van der Waals surface area contributed by atoms with Crippen LogP contribution in [0.1, 0.15) is 86.1 Å². The van der Waals surface area contributed by atoms with Crippen LogP contribution >= 0.6 is 0 Å². The van der Waals surface area contributed by atoms with E-state index in [1.165, 1.54) is 133 Å². The fourth-order valence-corrected chi connectivity index (χ4v) is 13.0. The summed E-state index contributed by atoms with van der Waals surface area (Å²) in [6, 6.07) is 81.9. The Hall–Kier alpha value is -8.46. The molecule has 0 spiro atoms. The van der Waals surface area contributed by atoms with E-state index in [2.05, 4.69) is 282 Å². The minimum atomic E-state index is -0.158. The fraction of sp³-hybridized carbons (Fsp3) is 0.127. The number of anilines is 6. The van der Waals surface area contributed by atoms with E-state index < -0.39 is 0 Å². The van der Waals surface area contributed by atoms with Crippen molar-refractivity contribution in [2.45, 2.75) is 57.8 Å². The Bertz CT molecular complexity index is 4050. The first-order chi connectivity index (χ1) is 35.4. The van der Waals surface area contributed by atoms with Gasteiger partial charge in [0.25, 0.3) is 0 Å². The number of nitrogens with zero attached hydrogens (tertiary/aromatic N) is 2. The van der Waals surface area contributed by atoms with Gasteiger partial charge in [0.2, 0.25) is 0 Å². The summed E-state index contributed by atoms with van der Waals surface area (Å²) in [6.45, 7) is 14.2. The average molecular weight is 937 g/mol. The summed E-state index contributed by atoms with van der Waals surface area (Å²) >= 11 is 0. The van der Waals surface area contributed by atoms with Gasteiger partial charge in [-0.1, -0.05) is 205 Å². The normalized spacial score (nSPS) is 15.5. The van der Waals surface area contributed by atoms with E-state index in [1.807, 2.05) is 0 Å². The molecule has 1 aliphatic carbocycles. The summed E-state index contributed by atoms with van der Waals surface area (Å²) in [7, 11) is 0. The highest BCUT2D eigenvalue weighted by Crippen LogP contribution is 2.56. The first kappa shape index (κ1) is 43.3. The Morgan fingerprint density at radius 1 is 0.288 bits per heavy atom. The number of para-hydroxylation sites is 4. The van der Waals surface area contributed by atoms with Crippen molar-refractivity contribution >= 4 is 78.6 Å². The second-order valence-corrected chi connectivity index (χ2v) is 22.2. The quantitative estimate of drug-likeness (QED) is 0.125. The van der Waals surface area contributed by atoms with E-state index in [1.54, 1.807) is 0 Å². The summed E-state index contributed by atoms with van der Waals surface area (Å²) in [5.74, 6) is 0. The van der Waals surface area contributed by atoms with Gasteiger partial charge in [-0.25, -0.2) is 0 Å². The third-order valence-corrected chi connectivity index (χ3v) is 17.0. The van der Waals surface area contributed by atoms with Crippen LogP contribution in [0.15, 0.2) is 218 Å². The largest absolute Gasteiger partial charge is 0.310 e. The lowest BCUT2D eigenvalue weighted by Gasteiger charge is -2.42. The topological polar surface area (TPSA) is 6.48 Å². The van der Waals surface area contributed by atoms with E-state index in [0.717, 1.165) is 0 Å². The van der Waals surface area contributed by atoms with Gasteiger partial charge in [-0.05, 0) is 166 Å². The molecule has 73 heavy (non-hydrogen) atoms. The van der Waals surface area contributed by atoms with Crippen LogP contribution in [0.3, 0.4) is 0 Å². The van der Waals surface area contributed by atoms with Gasteiger partial charge in [0.05, 0.1) is 22.7 Å². The third-order valence-electron chi connectivity index (χ3n) is 17.0. The summed E-state index contributed by atoms with van der Waals surface area (Å²) in [5, 5.41) is 7.50. The monoisotopic (exact) mass is 936 g/mol. The first-order valence-electron chi connectivity index (χ1n) is 25.9. The summed E-state index contributed by atoms with van der Waals surface area (Å²) in [5.41, 5.74) is 22.7. The maximum absolute atomic E-state index is 2.47. The molecule has 0 N–H and O–H groups in total. The molecular weight excluding hydrogens is 881 g/mol. The van der Waals surface area contributed by atoms with E-state index in [0.29, 0.717) is 0 Å². The van der Waals surface area contributed by atoms with Gasteiger partial charge in [0.15, 0.2) is 0 Å². The molecule has 0 aromatic heterocycles. The number of fused-ring (bicyclic) bond motifs is 11. The van der Waals surface area contributed by atoms with Crippen molar-refractivity contribution in [2.24, 2.45) is 0 Å². The van der Waals surface area contributed by atoms with E-state index in [4.69, 9.17) is 0 Å². The zero-order chi connectivity index (χ0) is 49.4. The maximum atomic E-state index is 2.47. The van der Waals surface area contributed by atoms with E-state index in [-0.39, 0.29) is 16.2 Å². The Labute approximate surface area is 429 Å². The lowest BCUT2D eigenvalue weighted by Crippen LogP contribution is -2.30. The van der Waals surface area contributed by atoms with Crippen LogP contribution in [-0.4, -0.2) is 0 Å². The molecule has 350 valence electrons. The van der Waals surface area contributed by atoms with Crippen molar-refractivity contribution in [1.29, 1.82) is 0 Å². The Kier molecular flexibility index (Phi) is 9.36. The second kappa shape index (κ2) is 15.8. The van der Waals surface area contributed by atoms with Crippen LogP contribution < -0.4 is 9.80 Å². The lowest BCUT2D eigenvalue weighted by atomic mass is 9.73. The van der Waals surface area contributed by atoms with Gasteiger partial charge < -0.3 is 9.80 Å². The number of hydrogen-bond acceptors (Lipinski definition) is 2. The highest BCUT2D eigenvalue weighted by atomic mass is 15.2. The minimum Gasteiger partial charge on any atom is -0.310 e. The second-order valence-electron chi connectivity index (χ2n) is 22.2. The van der Waals surface area contributed by atoms with Crippen molar-refractivity contribution in [3.8, 4) is 22.3 Å². The van der Waals surface area contributed by atoms with E-state index >= 15 is 0 Å². The van der Waals surface area contributed by atoms with Crippen LogP contribution in [0, 0.1) is 0 Å². The molecule has 11 aromatic rings. The third kappa shape index (κ3) is 6.56. The molecule has 0 unspecified atom stereocenters. The highest BCUT2D eigenvalue weighted by Gasteiger charge is 2.40. The number of hydrogen-bond donors (Lipinski definition) is 0. The molecule has 0 saturated heterocycles. The SMILES string of the molecule is CC1(C)c2cc(/C=C/c3ccc4cc(-c5ccc6c(ccc7cc(N8c9ccccc9C(C)(C)c9ccccc98)ccc76)c5)ccc4c3)ccc2-c2ccc(N3c4ccccc4C(C)(C)c4ccccc43)cc21. The Morgan fingerprint density at radius 2 is 0.658 bits per heavy atom. The fourth-order valence-electron chi connectivity index (χ4n) is 13.0. The van der Waals surface area contributed by atoms with Gasteiger partial charge in [0.1, 0.15) is 0 Å². The molecule has 3 aliphatic rings. The summed E-state index contributed by atoms with van der Waals surface area (Å²) in [6.07, 6.45) is 4.53. The molecule has 0 fully saturated rings. The van der Waals surface area contributed by atoms with Crippen molar-refractivity contribution in [1.82, 2.24) is 0 Å². The van der Waals surface area contributed by atoms with Gasteiger partial charge in [-0.3, -0.25) is 0 Å². The Balaban J connectivity index is 0.718. The average Bonchev–Trinajstić information content (AvgIpc) is 3.64. The lowest BCUT2D eigenvalue weighted by molar-refractivity contribution is 0.631. The molecule has 0 bridgehead atoms. The molecule has 2 aliphatic heterocycles. The molecular formula is C71H56N2. The van der Waals surface area contributed by atoms with E-state index in [9.17, 15) is 0 Å². The standard InChI is InChI=1S/C71H56N2/c1-69(2)59-15-7-11-19-65(59)72(66-20-12-8-16-60(66)69)53-33-37-56-52(43-53)31-30-51-42-50(32-36-55(51)56)49-29-28-47-39-45(25-27-48(47)41-49)23-24-46-26-35-57-58-38-34-54(44-64(58)71(5,6)63(57)40-46)73-67-21-13-9-17-61(67)70(3,4)62-18-10-14-22-68(62)73/h7-44H,1-6H3/b24-23+. The minimum absolute atomic E-state index is 0.0841. The first-order valence-corrected chi connectivity index (χ1v) is 25.9. The maximum Gasteiger partial charge on any atom is 0.0502 e. The molecule has 2 heteroatoms. The van der Waals surface area contributed by atoms with Crippen molar-refractivity contribution in [3.63, 3.8) is 0 Å². The smallest absolute Gasteiger partial charge is 0.0502 e. The predicted octanol–water partition coefficient (Wildman–Crippen LogP) is 19.5. The van der Waals surface area contributed by atoms with Crippen molar-refractivity contribution in [3.05, 3.63) is 263 Å². The zero-order valence-corrected chi connectivity index (χ0v) is 42.3. The molecule has 2 heterocycles. The molecule has 14 rings (SSSR count). The highest BCUT2D eigenvalue weighted by molar-refractivity contribution is 6.10. The summed E-state index contributed by atoms with van der Waals surface area (Å²) in [4.78, 5) is 4.92. The van der Waals surface area contributed by atoms with Crippen LogP contribution in [0.25, 0.3) is 66.7 Å². The van der Waals surface area contributed by atoms with Crippen LogP contribution in [0.2, 0.25) is 0 Å². The molecule has 0 saturated carbocycles. The van der Waals surface area contributed by atoms with Gasteiger partial charge in [-0.15, -0.1) is 0 Å². The van der Waals surface area contributed by atoms with Crippen molar-refractivity contribution in [2.75, 3.05) is 9.80 Å². The number of rotatable bonds is 5. The molecule has 2 nitrogen and oxygen atoms in total. The van der Waals surface area contributed by atoms with Crippen LogP contribution in [-0.2, 0) is 16.2 Å². The van der Waals surface area contributed by atoms with Crippen LogP contribution in [0.4, 0.5) is 34.1 Å². The van der Waals surface area contributed by atoms with Gasteiger partial charge in [-0.2, -0.15) is 0 Å². The Morgan fingerprint density at radius 3 is 1.23 bits per heavy atom. The molecule has 0 atom stereocenters. The molecule has 11 aromatic carbocycles. The summed E-state index contributed by atoms with van der Waals surface area (Å²) < 4.78 is 0. The zero-order valence-electron chi connectivity index (χ0n) is 42.3. The number of benzene rings is 11. The van der Waals surface area contributed by atoms with Gasteiger partial charge in [0, 0.05) is 27.6 Å². The van der Waals surface area contributed by atoms with Crippen molar-refractivity contribution < 1.29 is 0 Å². The predicted molar refractivity (Wildman–Crippen MR) is 311 cm³/mol. The van der Waals surface area contributed by atoms with Gasteiger partial charge >= 0.3 is 0 Å². The molecule has 0 amide bonds. The van der Waals surface area contributed by atoms with Crippen LogP contribution in [0.5, 0.6) is 0 Å². The molecule has 0 radical (unpaired) electrons.